The van der Waals surface area contributed by atoms with E-state index in [9.17, 15) is 4.79 Å². The number of thioether (sulfide) groups is 1. The van der Waals surface area contributed by atoms with Crippen LogP contribution in [0.3, 0.4) is 0 Å². The molecule has 5 nitrogen and oxygen atoms in total. The number of hydrogen-bond acceptors (Lipinski definition) is 4. The van der Waals surface area contributed by atoms with Crippen molar-refractivity contribution in [3.63, 3.8) is 0 Å². The maximum absolute atomic E-state index is 12.4. The number of halogens is 2. The van der Waals surface area contributed by atoms with Gasteiger partial charge in [-0.2, -0.15) is 0 Å². The lowest BCUT2D eigenvalue weighted by Gasteiger charge is -2.10. The first-order valence-electron chi connectivity index (χ1n) is 10.0. The van der Waals surface area contributed by atoms with E-state index < -0.39 is 0 Å². The smallest absolute Gasteiger partial charge is 0.230 e. The summed E-state index contributed by atoms with van der Waals surface area (Å²) in [6, 6.07) is 25.1. The first kappa shape index (κ1) is 22.4. The third-order valence-corrected chi connectivity index (χ3v) is 6.26. The van der Waals surface area contributed by atoms with Crippen LogP contribution < -0.4 is 5.32 Å². The molecule has 0 aliphatic heterocycles. The maximum Gasteiger partial charge on any atom is 0.230 e. The predicted molar refractivity (Wildman–Crippen MR) is 131 cm³/mol. The normalized spacial score (nSPS) is 10.8. The lowest BCUT2D eigenvalue weighted by atomic mass is 10.1. The average Bonchev–Trinajstić information content (AvgIpc) is 3.24. The van der Waals surface area contributed by atoms with E-state index in [1.807, 2.05) is 71.3 Å². The third-order valence-electron chi connectivity index (χ3n) is 4.74. The van der Waals surface area contributed by atoms with E-state index in [0.29, 0.717) is 28.2 Å². The quantitative estimate of drug-likeness (QED) is 0.327. The van der Waals surface area contributed by atoms with Crippen LogP contribution >= 0.6 is 35.0 Å². The molecule has 0 atom stereocenters. The van der Waals surface area contributed by atoms with Crippen LogP contribution in [0.4, 0.5) is 0 Å². The Balaban J connectivity index is 1.43. The highest BCUT2D eigenvalue weighted by molar-refractivity contribution is 7.99. The number of hydrogen-bond donors (Lipinski definition) is 1. The number of rotatable bonds is 8. The van der Waals surface area contributed by atoms with Gasteiger partial charge in [0, 0.05) is 27.8 Å². The lowest BCUT2D eigenvalue weighted by Crippen LogP contribution is -2.27. The van der Waals surface area contributed by atoms with Crippen molar-refractivity contribution in [3.8, 4) is 17.1 Å². The highest BCUT2D eigenvalue weighted by atomic mass is 35.5. The highest BCUT2D eigenvalue weighted by Gasteiger charge is 2.17. The van der Waals surface area contributed by atoms with Gasteiger partial charge in [0.05, 0.1) is 5.75 Å². The summed E-state index contributed by atoms with van der Waals surface area (Å²) in [6.07, 6.45) is 0.630. The Hall–Kier alpha value is -2.80. The fraction of sp³-hybridized carbons (Fsp3) is 0.125. The molecule has 0 radical (unpaired) electrons. The van der Waals surface area contributed by atoms with Crippen molar-refractivity contribution >= 4 is 40.9 Å². The molecule has 0 saturated heterocycles. The van der Waals surface area contributed by atoms with Crippen LogP contribution in [0.1, 0.15) is 5.56 Å². The Labute approximate surface area is 200 Å². The summed E-state index contributed by atoms with van der Waals surface area (Å²) in [6.45, 7) is 0.487. The number of carbonyl (C=O) groups excluding carboxylic acids is 1. The Morgan fingerprint density at radius 3 is 2.38 bits per heavy atom. The molecule has 8 heteroatoms. The van der Waals surface area contributed by atoms with E-state index in [1.54, 1.807) is 12.1 Å². The molecule has 0 spiro atoms. The van der Waals surface area contributed by atoms with Crippen LogP contribution in [0.2, 0.25) is 10.0 Å². The Bertz CT molecular complexity index is 1200. The van der Waals surface area contributed by atoms with Gasteiger partial charge in [0.25, 0.3) is 0 Å². The van der Waals surface area contributed by atoms with Crippen LogP contribution in [-0.2, 0) is 11.2 Å². The molecule has 0 aliphatic rings. The van der Waals surface area contributed by atoms with Gasteiger partial charge in [0.1, 0.15) is 0 Å². The summed E-state index contributed by atoms with van der Waals surface area (Å²) in [5.41, 5.74) is 2.84. The minimum atomic E-state index is -0.0797. The summed E-state index contributed by atoms with van der Waals surface area (Å²) in [5.74, 6) is 0.884. The van der Waals surface area contributed by atoms with Gasteiger partial charge < -0.3 is 5.32 Å². The van der Waals surface area contributed by atoms with Crippen molar-refractivity contribution in [2.45, 2.75) is 11.6 Å². The summed E-state index contributed by atoms with van der Waals surface area (Å²) in [5, 5.41) is 13.5. The number of amides is 1. The molecular weight excluding hydrogens is 463 g/mol. The summed E-state index contributed by atoms with van der Waals surface area (Å²) >= 11 is 13.5. The van der Waals surface area contributed by atoms with Crippen LogP contribution in [-0.4, -0.2) is 33.0 Å². The SMILES string of the molecule is O=C(CSc1nnc(-c2ccccc2)n1-c1ccccc1)NCCc1ccc(Cl)cc1Cl. The van der Waals surface area contributed by atoms with Gasteiger partial charge in [-0.15, -0.1) is 10.2 Å². The second-order valence-corrected chi connectivity index (χ2v) is 8.75. The molecule has 0 aliphatic carbocycles. The number of aromatic nitrogens is 3. The van der Waals surface area contributed by atoms with E-state index in [2.05, 4.69) is 15.5 Å². The summed E-state index contributed by atoms with van der Waals surface area (Å²) < 4.78 is 1.97. The number of carbonyl (C=O) groups is 1. The zero-order chi connectivity index (χ0) is 22.3. The van der Waals surface area contributed by atoms with Gasteiger partial charge in [-0.3, -0.25) is 9.36 Å². The van der Waals surface area contributed by atoms with Gasteiger partial charge in [0.15, 0.2) is 11.0 Å². The molecule has 162 valence electrons. The first-order chi connectivity index (χ1) is 15.6. The standard InChI is InChI=1S/C24H20Cl2N4OS/c25-19-12-11-17(21(26)15-19)13-14-27-22(31)16-32-24-29-28-23(18-7-3-1-4-8-18)30(24)20-9-5-2-6-10-20/h1-12,15H,13-14,16H2,(H,27,31). The van der Waals surface area contributed by atoms with Crippen LogP contribution in [0.15, 0.2) is 84.0 Å². The van der Waals surface area contributed by atoms with Gasteiger partial charge in [-0.05, 0) is 36.2 Å². The fourth-order valence-corrected chi connectivity index (χ4v) is 4.47. The minimum absolute atomic E-state index is 0.0797. The first-order valence-corrected chi connectivity index (χ1v) is 11.8. The minimum Gasteiger partial charge on any atom is -0.355 e. The van der Waals surface area contributed by atoms with Gasteiger partial charge in [0.2, 0.25) is 5.91 Å². The molecule has 3 aromatic carbocycles. The maximum atomic E-state index is 12.4. The van der Waals surface area contributed by atoms with E-state index in [-0.39, 0.29) is 11.7 Å². The Kier molecular flexibility index (Phi) is 7.47. The van der Waals surface area contributed by atoms with Crippen LogP contribution in [0, 0.1) is 0 Å². The zero-order valence-electron chi connectivity index (χ0n) is 17.0. The van der Waals surface area contributed by atoms with Crippen LogP contribution in [0.25, 0.3) is 17.1 Å². The molecule has 32 heavy (non-hydrogen) atoms. The topological polar surface area (TPSA) is 59.8 Å². The van der Waals surface area contributed by atoms with Crippen molar-refractivity contribution < 1.29 is 4.79 Å². The highest BCUT2D eigenvalue weighted by Crippen LogP contribution is 2.27. The predicted octanol–water partition coefficient (Wildman–Crippen LogP) is 5.69. The number of nitrogens with zero attached hydrogens (tertiary/aromatic N) is 3. The molecule has 0 fully saturated rings. The van der Waals surface area contributed by atoms with Crippen molar-refractivity contribution in [2.24, 2.45) is 0 Å². The fourth-order valence-electron chi connectivity index (χ4n) is 3.19. The zero-order valence-corrected chi connectivity index (χ0v) is 19.4. The Morgan fingerprint density at radius 1 is 0.938 bits per heavy atom. The molecule has 1 amide bonds. The second kappa shape index (κ2) is 10.7. The molecule has 4 rings (SSSR count). The van der Waals surface area contributed by atoms with Crippen molar-refractivity contribution in [3.05, 3.63) is 94.5 Å². The van der Waals surface area contributed by atoms with E-state index in [4.69, 9.17) is 23.2 Å². The van der Waals surface area contributed by atoms with Crippen molar-refractivity contribution in [2.75, 3.05) is 12.3 Å². The monoisotopic (exact) mass is 482 g/mol. The lowest BCUT2D eigenvalue weighted by molar-refractivity contribution is -0.118. The van der Waals surface area contributed by atoms with Crippen LogP contribution in [0.5, 0.6) is 0 Å². The molecule has 0 unspecified atom stereocenters. The van der Waals surface area contributed by atoms with E-state index in [0.717, 1.165) is 22.6 Å². The van der Waals surface area contributed by atoms with E-state index in [1.165, 1.54) is 11.8 Å². The number of para-hydroxylation sites is 1. The molecule has 1 N–H and O–H groups in total. The summed E-state index contributed by atoms with van der Waals surface area (Å²) in [4.78, 5) is 12.4. The molecule has 0 bridgehead atoms. The number of nitrogens with one attached hydrogen (secondary N) is 1. The number of benzene rings is 3. The third kappa shape index (κ3) is 5.51. The van der Waals surface area contributed by atoms with E-state index >= 15 is 0 Å². The molecule has 0 saturated carbocycles. The largest absolute Gasteiger partial charge is 0.355 e. The molecule has 1 aromatic heterocycles. The average molecular weight is 483 g/mol. The summed E-state index contributed by atoms with van der Waals surface area (Å²) in [7, 11) is 0. The van der Waals surface area contributed by atoms with Crippen molar-refractivity contribution in [1.29, 1.82) is 0 Å². The van der Waals surface area contributed by atoms with Gasteiger partial charge >= 0.3 is 0 Å². The molecule has 4 aromatic rings. The Morgan fingerprint density at radius 2 is 1.66 bits per heavy atom. The van der Waals surface area contributed by atoms with Gasteiger partial charge in [-0.25, -0.2) is 0 Å². The van der Waals surface area contributed by atoms with Gasteiger partial charge in [-0.1, -0.05) is 89.6 Å². The molecule has 1 heterocycles. The molecular formula is C24H20Cl2N4OS. The second-order valence-electron chi connectivity index (χ2n) is 6.97. The van der Waals surface area contributed by atoms with Crippen molar-refractivity contribution in [1.82, 2.24) is 20.1 Å².